The zero-order chi connectivity index (χ0) is 33.6. The van der Waals surface area contributed by atoms with Crippen molar-refractivity contribution in [3.63, 3.8) is 0 Å². The van der Waals surface area contributed by atoms with Crippen LogP contribution < -0.4 is 21.7 Å². The van der Waals surface area contributed by atoms with Crippen molar-refractivity contribution in [2.45, 2.75) is 38.5 Å². The number of pyridine rings is 2. The summed E-state index contributed by atoms with van der Waals surface area (Å²) >= 11 is 0. The summed E-state index contributed by atoms with van der Waals surface area (Å²) in [6.07, 6.45) is 7.31. The summed E-state index contributed by atoms with van der Waals surface area (Å²) in [7, 11) is 3.44. The van der Waals surface area contributed by atoms with Gasteiger partial charge in [0.25, 0.3) is 5.91 Å². The van der Waals surface area contributed by atoms with Crippen LogP contribution in [0.1, 0.15) is 48.0 Å². The van der Waals surface area contributed by atoms with Gasteiger partial charge in [0.2, 0.25) is 11.8 Å². The number of primary amides is 1. The van der Waals surface area contributed by atoms with Gasteiger partial charge in [0.15, 0.2) is 0 Å². The molecule has 0 saturated heterocycles. The van der Waals surface area contributed by atoms with Gasteiger partial charge < -0.3 is 31.3 Å². The van der Waals surface area contributed by atoms with Crippen molar-refractivity contribution >= 4 is 46.7 Å². The molecule has 244 valence electrons. The Labute approximate surface area is 273 Å². The summed E-state index contributed by atoms with van der Waals surface area (Å²) in [5, 5.41) is 8.98. The van der Waals surface area contributed by atoms with Crippen LogP contribution in [0, 0.1) is 0 Å². The lowest BCUT2D eigenvalue weighted by molar-refractivity contribution is -0.117. The third kappa shape index (κ3) is 11.3. The average molecular weight is 638 g/mol. The number of nitrogens with two attached hydrogens (primary N) is 1. The number of hydrogen-bond donors (Lipinski definition) is 4. The van der Waals surface area contributed by atoms with Crippen LogP contribution in [-0.2, 0) is 20.7 Å². The maximum absolute atomic E-state index is 12.7. The highest BCUT2D eigenvalue weighted by molar-refractivity contribution is 5.94. The molecule has 0 atom stereocenters. The van der Waals surface area contributed by atoms with Gasteiger partial charge in [-0.2, -0.15) is 0 Å². The highest BCUT2D eigenvalue weighted by Crippen LogP contribution is 2.23. The van der Waals surface area contributed by atoms with Gasteiger partial charge in [-0.1, -0.05) is 24.3 Å². The van der Waals surface area contributed by atoms with Crippen LogP contribution in [0.2, 0.25) is 0 Å². The Morgan fingerprint density at radius 3 is 2.21 bits per heavy atom. The number of rotatable bonds is 15. The quantitative estimate of drug-likeness (QED) is 0.119. The summed E-state index contributed by atoms with van der Waals surface area (Å²) in [4.78, 5) is 58.0. The predicted molar refractivity (Wildman–Crippen MR) is 181 cm³/mol. The lowest BCUT2D eigenvalue weighted by Crippen LogP contribution is -2.21. The highest BCUT2D eigenvalue weighted by atomic mass is 16.5. The third-order valence-corrected chi connectivity index (χ3v) is 7.07. The molecule has 12 nitrogen and oxygen atoms in total. The van der Waals surface area contributed by atoms with Crippen molar-refractivity contribution in [3.8, 4) is 11.1 Å². The van der Waals surface area contributed by atoms with Crippen molar-refractivity contribution in [1.82, 2.24) is 14.9 Å². The van der Waals surface area contributed by atoms with E-state index in [2.05, 4.69) is 30.7 Å². The van der Waals surface area contributed by atoms with Crippen molar-refractivity contribution in [3.05, 3.63) is 96.4 Å². The van der Waals surface area contributed by atoms with Gasteiger partial charge in [-0.15, -0.1) is 0 Å². The van der Waals surface area contributed by atoms with Gasteiger partial charge >= 0.3 is 6.09 Å². The number of aromatic nitrogens is 2. The van der Waals surface area contributed by atoms with Gasteiger partial charge in [0, 0.05) is 49.9 Å². The van der Waals surface area contributed by atoms with E-state index in [0.717, 1.165) is 23.1 Å². The number of anilines is 4. The average Bonchev–Trinajstić information content (AvgIpc) is 3.05. The molecule has 0 aliphatic rings. The van der Waals surface area contributed by atoms with E-state index >= 15 is 0 Å². The van der Waals surface area contributed by atoms with E-state index in [1.807, 2.05) is 48.5 Å². The molecule has 0 saturated carbocycles. The normalized spacial score (nSPS) is 10.5. The van der Waals surface area contributed by atoms with Crippen molar-refractivity contribution in [2.75, 3.05) is 36.7 Å². The second-order valence-electron chi connectivity index (χ2n) is 11.1. The molecular weight excluding hydrogens is 598 g/mol. The first-order valence-electron chi connectivity index (χ1n) is 15.3. The molecule has 2 aromatic heterocycles. The zero-order valence-corrected chi connectivity index (χ0v) is 26.5. The van der Waals surface area contributed by atoms with Crippen molar-refractivity contribution in [1.29, 1.82) is 0 Å². The SMILES string of the molecule is CN(C)C(=O)c1ccc(-c2ccc(Nc3cncc(NC(=O)CCc4cccc(NC(=O)CCCCCOC(N)=O)c4)c3)nc2)cc1. The van der Waals surface area contributed by atoms with E-state index in [9.17, 15) is 19.2 Å². The van der Waals surface area contributed by atoms with Gasteiger partial charge in [0.05, 0.1) is 30.4 Å². The van der Waals surface area contributed by atoms with E-state index in [-0.39, 0.29) is 30.7 Å². The number of carbonyl (C=O) groups excluding carboxylic acids is 4. The Hall–Kier alpha value is -5.78. The first kappa shape index (κ1) is 34.1. The predicted octanol–water partition coefficient (Wildman–Crippen LogP) is 5.75. The molecule has 0 unspecified atom stereocenters. The number of aryl methyl sites for hydroxylation is 1. The van der Waals surface area contributed by atoms with Gasteiger partial charge in [-0.05, 0) is 79.3 Å². The van der Waals surface area contributed by atoms with E-state index < -0.39 is 6.09 Å². The van der Waals surface area contributed by atoms with Crippen LogP contribution >= 0.6 is 0 Å². The highest BCUT2D eigenvalue weighted by Gasteiger charge is 2.10. The summed E-state index contributed by atoms with van der Waals surface area (Å²) in [5.41, 5.74) is 10.2. The van der Waals surface area contributed by atoms with Gasteiger partial charge in [-0.3, -0.25) is 19.4 Å². The summed E-state index contributed by atoms with van der Waals surface area (Å²) in [6.45, 7) is 0.248. The molecule has 2 heterocycles. The summed E-state index contributed by atoms with van der Waals surface area (Å²) < 4.78 is 4.68. The third-order valence-electron chi connectivity index (χ3n) is 7.07. The molecule has 12 heteroatoms. The Morgan fingerprint density at radius 2 is 1.49 bits per heavy atom. The van der Waals surface area contributed by atoms with Crippen molar-refractivity contribution < 1.29 is 23.9 Å². The van der Waals surface area contributed by atoms with Crippen LogP contribution in [0.25, 0.3) is 11.1 Å². The Kier molecular flexibility index (Phi) is 12.4. The van der Waals surface area contributed by atoms with Crippen LogP contribution in [0.3, 0.4) is 0 Å². The molecule has 0 bridgehead atoms. The second-order valence-corrected chi connectivity index (χ2v) is 11.1. The summed E-state index contributed by atoms with van der Waals surface area (Å²) in [5.74, 6) is 0.289. The number of carbonyl (C=O) groups is 4. The van der Waals surface area contributed by atoms with Gasteiger partial charge in [-0.25, -0.2) is 9.78 Å². The standard InChI is InChI=1S/C35H39N7O5/c1-42(2)34(45)26-13-11-25(12-14-26)27-15-16-31(38-21-27)39-29-20-30(23-37-22-29)41-33(44)17-10-24-7-6-8-28(19-24)40-32(43)9-4-3-5-18-47-35(36)46/h6-8,11-16,19-23H,3-5,9-10,17-18H2,1-2H3,(H2,36,46)(H,38,39)(H,40,43)(H,41,44). The molecular formula is C35H39N7O5. The minimum atomic E-state index is -0.795. The molecule has 0 fully saturated rings. The molecule has 47 heavy (non-hydrogen) atoms. The van der Waals surface area contributed by atoms with E-state index in [0.29, 0.717) is 54.1 Å². The van der Waals surface area contributed by atoms with Crippen LogP contribution in [0.5, 0.6) is 0 Å². The Morgan fingerprint density at radius 1 is 0.766 bits per heavy atom. The molecule has 0 spiro atoms. The van der Waals surface area contributed by atoms with E-state index in [1.54, 1.807) is 50.9 Å². The van der Waals surface area contributed by atoms with Crippen LogP contribution in [-0.4, -0.2) is 59.4 Å². The maximum atomic E-state index is 12.7. The van der Waals surface area contributed by atoms with E-state index in [1.165, 1.54) is 4.90 Å². The fourth-order valence-corrected chi connectivity index (χ4v) is 4.67. The minimum Gasteiger partial charge on any atom is -0.450 e. The second kappa shape index (κ2) is 17.1. The number of amides is 4. The van der Waals surface area contributed by atoms with Gasteiger partial charge in [0.1, 0.15) is 5.82 Å². The molecule has 0 radical (unpaired) electrons. The molecule has 0 aliphatic heterocycles. The number of hydrogen-bond acceptors (Lipinski definition) is 8. The number of ether oxygens (including phenoxy) is 1. The monoisotopic (exact) mass is 637 g/mol. The molecule has 4 rings (SSSR count). The van der Waals surface area contributed by atoms with Crippen molar-refractivity contribution in [2.24, 2.45) is 5.73 Å². The lowest BCUT2D eigenvalue weighted by atomic mass is 10.1. The number of unbranched alkanes of at least 4 members (excludes halogenated alkanes) is 2. The number of nitrogens with zero attached hydrogens (tertiary/aromatic N) is 3. The fourth-order valence-electron chi connectivity index (χ4n) is 4.67. The largest absolute Gasteiger partial charge is 0.450 e. The first-order chi connectivity index (χ1) is 22.7. The molecule has 5 N–H and O–H groups in total. The zero-order valence-electron chi connectivity index (χ0n) is 26.5. The van der Waals surface area contributed by atoms with E-state index in [4.69, 9.17) is 5.73 Å². The fraction of sp³-hybridized carbons (Fsp3) is 0.257. The smallest absolute Gasteiger partial charge is 0.404 e. The minimum absolute atomic E-state index is 0.0508. The topological polar surface area (TPSA) is 169 Å². The molecule has 0 aliphatic carbocycles. The lowest BCUT2D eigenvalue weighted by Gasteiger charge is -2.11. The Balaban J connectivity index is 1.22. The van der Waals surface area contributed by atoms with Crippen LogP contribution in [0.15, 0.2) is 85.3 Å². The molecule has 2 aromatic carbocycles. The molecule has 4 amide bonds. The first-order valence-corrected chi connectivity index (χ1v) is 15.3. The summed E-state index contributed by atoms with van der Waals surface area (Å²) in [6, 6.07) is 20.4. The number of benzene rings is 2. The number of nitrogens with one attached hydrogen (secondary N) is 3. The molecule has 4 aromatic rings. The maximum Gasteiger partial charge on any atom is 0.404 e. The Bertz CT molecular complexity index is 1670. The van der Waals surface area contributed by atoms with Crippen LogP contribution in [0.4, 0.5) is 27.7 Å².